The molecule has 0 aromatic heterocycles. The van der Waals surface area contributed by atoms with Crippen molar-refractivity contribution in [3.05, 3.63) is 23.8 Å². The summed E-state index contributed by atoms with van der Waals surface area (Å²) in [5.74, 6) is 1.99. The van der Waals surface area contributed by atoms with E-state index in [1.54, 1.807) is 14.2 Å². The Morgan fingerprint density at radius 1 is 1.26 bits per heavy atom. The second-order valence-corrected chi connectivity index (χ2v) is 6.34. The molecule has 0 bridgehead atoms. The molecular weight excluding hydrogens is 292 g/mol. The van der Waals surface area contributed by atoms with Crippen LogP contribution in [0.25, 0.3) is 0 Å². The average Bonchev–Trinajstić information content (AvgIpc) is 2.59. The van der Waals surface area contributed by atoms with E-state index in [4.69, 9.17) is 9.47 Å². The molecule has 1 aliphatic heterocycles. The van der Waals surface area contributed by atoms with Gasteiger partial charge in [-0.15, -0.1) is 0 Å². The molecule has 1 fully saturated rings. The first-order chi connectivity index (χ1) is 11.1. The van der Waals surface area contributed by atoms with E-state index in [1.807, 2.05) is 18.2 Å². The standard InChI is InChI=1S/C18H30N2O3/c1-5-20-7-6-17(13(2)12-20)19-11-18(21)14-8-15(22-3)10-16(9-14)23-4/h8-10,13,17-19,21H,5-7,11-12H2,1-4H3. The Kier molecular flexibility index (Phi) is 6.69. The van der Waals surface area contributed by atoms with Crippen molar-refractivity contribution in [2.24, 2.45) is 5.92 Å². The number of ether oxygens (including phenoxy) is 2. The maximum atomic E-state index is 10.5. The first-order valence-corrected chi connectivity index (χ1v) is 8.44. The third-order valence-electron chi connectivity index (χ3n) is 4.77. The first-order valence-electron chi connectivity index (χ1n) is 8.44. The maximum absolute atomic E-state index is 10.5. The summed E-state index contributed by atoms with van der Waals surface area (Å²) in [5.41, 5.74) is 0.812. The molecule has 0 saturated carbocycles. The zero-order chi connectivity index (χ0) is 16.8. The zero-order valence-electron chi connectivity index (χ0n) is 14.7. The number of nitrogens with one attached hydrogen (secondary N) is 1. The highest BCUT2D eigenvalue weighted by Crippen LogP contribution is 2.26. The predicted molar refractivity (Wildman–Crippen MR) is 92.2 cm³/mol. The SMILES string of the molecule is CCN1CCC(NCC(O)c2cc(OC)cc(OC)c2)C(C)C1. The van der Waals surface area contributed by atoms with Crippen LogP contribution in [-0.4, -0.2) is 56.4 Å². The first kappa shape index (κ1) is 18.0. The van der Waals surface area contributed by atoms with E-state index in [0.717, 1.165) is 31.6 Å². The van der Waals surface area contributed by atoms with Gasteiger partial charge in [-0.3, -0.25) is 0 Å². The summed E-state index contributed by atoms with van der Waals surface area (Å²) in [6.45, 7) is 8.39. The van der Waals surface area contributed by atoms with Crippen LogP contribution in [0.15, 0.2) is 18.2 Å². The summed E-state index contributed by atoms with van der Waals surface area (Å²) in [4.78, 5) is 2.48. The number of hydrogen-bond acceptors (Lipinski definition) is 5. The van der Waals surface area contributed by atoms with Crippen molar-refractivity contribution in [3.63, 3.8) is 0 Å². The fourth-order valence-corrected chi connectivity index (χ4v) is 3.23. The van der Waals surface area contributed by atoms with Crippen molar-refractivity contribution < 1.29 is 14.6 Å². The molecule has 3 unspecified atom stereocenters. The van der Waals surface area contributed by atoms with E-state index in [0.29, 0.717) is 30.0 Å². The van der Waals surface area contributed by atoms with Crippen LogP contribution in [0.2, 0.25) is 0 Å². The van der Waals surface area contributed by atoms with Crippen LogP contribution in [0.4, 0.5) is 0 Å². The largest absolute Gasteiger partial charge is 0.497 e. The minimum absolute atomic E-state index is 0.458. The topological polar surface area (TPSA) is 54.0 Å². The third kappa shape index (κ3) is 4.83. The number of benzene rings is 1. The Bertz CT molecular complexity index is 473. The van der Waals surface area contributed by atoms with Crippen LogP contribution in [0, 0.1) is 5.92 Å². The Labute approximate surface area is 139 Å². The molecule has 0 radical (unpaired) electrons. The highest BCUT2D eigenvalue weighted by Gasteiger charge is 2.25. The molecule has 1 aromatic rings. The molecule has 1 aliphatic rings. The fourth-order valence-electron chi connectivity index (χ4n) is 3.23. The van der Waals surface area contributed by atoms with E-state index in [1.165, 1.54) is 0 Å². The lowest BCUT2D eigenvalue weighted by Gasteiger charge is -2.37. The van der Waals surface area contributed by atoms with Crippen LogP contribution >= 0.6 is 0 Å². The summed E-state index contributed by atoms with van der Waals surface area (Å²) in [7, 11) is 3.23. The van der Waals surface area contributed by atoms with Crippen molar-refractivity contribution in [3.8, 4) is 11.5 Å². The monoisotopic (exact) mass is 322 g/mol. The molecule has 0 spiro atoms. The minimum Gasteiger partial charge on any atom is -0.497 e. The maximum Gasteiger partial charge on any atom is 0.122 e. The molecule has 1 saturated heterocycles. The second-order valence-electron chi connectivity index (χ2n) is 6.34. The number of nitrogens with zero attached hydrogens (tertiary/aromatic N) is 1. The van der Waals surface area contributed by atoms with Gasteiger partial charge in [-0.1, -0.05) is 13.8 Å². The van der Waals surface area contributed by atoms with Gasteiger partial charge in [-0.25, -0.2) is 0 Å². The molecule has 0 aliphatic carbocycles. The smallest absolute Gasteiger partial charge is 0.122 e. The highest BCUT2D eigenvalue weighted by atomic mass is 16.5. The number of aliphatic hydroxyl groups is 1. The summed E-state index contributed by atoms with van der Waals surface area (Å²) in [6.07, 6.45) is 0.554. The number of hydrogen-bond donors (Lipinski definition) is 2. The fraction of sp³-hybridized carbons (Fsp3) is 0.667. The van der Waals surface area contributed by atoms with Crippen molar-refractivity contribution in [2.75, 3.05) is 40.4 Å². The minimum atomic E-state index is -0.574. The summed E-state index contributed by atoms with van der Waals surface area (Å²) >= 11 is 0. The molecule has 3 atom stereocenters. The Morgan fingerprint density at radius 3 is 2.43 bits per heavy atom. The van der Waals surface area contributed by atoms with Crippen molar-refractivity contribution >= 4 is 0 Å². The van der Waals surface area contributed by atoms with Gasteiger partial charge in [0.05, 0.1) is 20.3 Å². The van der Waals surface area contributed by atoms with Gasteiger partial charge in [0.1, 0.15) is 11.5 Å². The molecule has 1 aromatic carbocycles. The van der Waals surface area contributed by atoms with E-state index < -0.39 is 6.10 Å². The van der Waals surface area contributed by atoms with Crippen molar-refractivity contribution in [2.45, 2.75) is 32.4 Å². The van der Waals surface area contributed by atoms with Crippen molar-refractivity contribution in [1.82, 2.24) is 10.2 Å². The Morgan fingerprint density at radius 2 is 1.91 bits per heavy atom. The normalized spacial score (nSPS) is 23.5. The van der Waals surface area contributed by atoms with Crippen LogP contribution in [0.3, 0.4) is 0 Å². The van der Waals surface area contributed by atoms with Crippen LogP contribution in [0.5, 0.6) is 11.5 Å². The van der Waals surface area contributed by atoms with Crippen LogP contribution in [-0.2, 0) is 0 Å². The average molecular weight is 322 g/mol. The molecule has 1 heterocycles. The lowest BCUT2D eigenvalue weighted by Crippen LogP contribution is -2.49. The number of rotatable bonds is 7. The Hall–Kier alpha value is -1.30. The Balaban J connectivity index is 1.93. The summed E-state index contributed by atoms with van der Waals surface area (Å²) in [5, 5.41) is 14.0. The quantitative estimate of drug-likeness (QED) is 0.805. The molecule has 5 nitrogen and oxygen atoms in total. The molecule has 2 rings (SSSR count). The molecule has 2 N–H and O–H groups in total. The molecule has 0 amide bonds. The van der Waals surface area contributed by atoms with E-state index in [-0.39, 0.29) is 0 Å². The number of likely N-dealkylation sites (tertiary alicyclic amines) is 1. The highest BCUT2D eigenvalue weighted by molar-refractivity contribution is 5.39. The van der Waals surface area contributed by atoms with Gasteiger partial charge in [-0.05, 0) is 43.1 Å². The van der Waals surface area contributed by atoms with Gasteiger partial charge < -0.3 is 24.8 Å². The van der Waals surface area contributed by atoms with Gasteiger partial charge >= 0.3 is 0 Å². The van der Waals surface area contributed by atoms with Crippen molar-refractivity contribution in [1.29, 1.82) is 0 Å². The van der Waals surface area contributed by atoms with Gasteiger partial charge in [0, 0.05) is 25.2 Å². The summed E-state index contributed by atoms with van der Waals surface area (Å²) < 4.78 is 10.5. The van der Waals surface area contributed by atoms with Gasteiger partial charge in [0.25, 0.3) is 0 Å². The van der Waals surface area contributed by atoms with E-state index in [2.05, 4.69) is 24.1 Å². The van der Waals surface area contributed by atoms with E-state index >= 15 is 0 Å². The number of aliphatic hydroxyl groups excluding tert-OH is 1. The van der Waals surface area contributed by atoms with Crippen LogP contribution < -0.4 is 14.8 Å². The zero-order valence-corrected chi connectivity index (χ0v) is 14.7. The van der Waals surface area contributed by atoms with Gasteiger partial charge in [-0.2, -0.15) is 0 Å². The number of methoxy groups -OCH3 is 2. The van der Waals surface area contributed by atoms with Gasteiger partial charge in [0.2, 0.25) is 0 Å². The lowest BCUT2D eigenvalue weighted by atomic mass is 9.93. The number of piperidine rings is 1. The predicted octanol–water partition coefficient (Wildman–Crippen LogP) is 2.06. The molecular formula is C18H30N2O3. The molecule has 23 heavy (non-hydrogen) atoms. The summed E-state index contributed by atoms with van der Waals surface area (Å²) in [6, 6.07) is 5.99. The molecule has 5 heteroatoms. The van der Waals surface area contributed by atoms with E-state index in [9.17, 15) is 5.11 Å². The molecule has 130 valence electrons. The van der Waals surface area contributed by atoms with Gasteiger partial charge in [0.15, 0.2) is 0 Å². The second kappa shape index (κ2) is 8.52. The lowest BCUT2D eigenvalue weighted by molar-refractivity contribution is 0.127. The van der Waals surface area contributed by atoms with Crippen LogP contribution in [0.1, 0.15) is 31.9 Å². The third-order valence-corrected chi connectivity index (χ3v) is 4.77.